The van der Waals surface area contributed by atoms with Crippen molar-refractivity contribution in [2.45, 2.75) is 0 Å². The number of hydrogen-bond acceptors (Lipinski definition) is 4. The van der Waals surface area contributed by atoms with E-state index in [0.717, 1.165) is 11.3 Å². The largest absolute Gasteiger partial charge is 0.305 e. The predicted molar refractivity (Wildman–Crippen MR) is 78.6 cm³/mol. The number of carbonyl (C=O) groups is 1. The molecule has 21 heavy (non-hydrogen) atoms. The Balaban J connectivity index is 1.82. The third-order valence-electron chi connectivity index (χ3n) is 2.90. The van der Waals surface area contributed by atoms with Crippen molar-refractivity contribution < 1.29 is 4.79 Å². The Labute approximate surface area is 121 Å². The molecule has 0 saturated heterocycles. The van der Waals surface area contributed by atoms with E-state index < -0.39 is 0 Å². The summed E-state index contributed by atoms with van der Waals surface area (Å²) >= 11 is 0. The average Bonchev–Trinajstić information content (AvgIpc) is 2.95. The summed E-state index contributed by atoms with van der Waals surface area (Å²) < 4.78 is 1.47. The molecule has 3 rings (SSSR count). The minimum Gasteiger partial charge on any atom is -0.305 e. The Morgan fingerprint density at radius 1 is 1.10 bits per heavy atom. The monoisotopic (exact) mass is 279 g/mol. The van der Waals surface area contributed by atoms with E-state index in [-0.39, 0.29) is 11.6 Å². The molecule has 1 aromatic carbocycles. The third-order valence-corrected chi connectivity index (χ3v) is 2.90. The quantitative estimate of drug-likeness (QED) is 0.797. The lowest BCUT2D eigenvalue weighted by molar-refractivity contribution is 0.102. The summed E-state index contributed by atoms with van der Waals surface area (Å²) in [6.07, 6.45) is 1.55. The fourth-order valence-corrected chi connectivity index (χ4v) is 1.91. The molecule has 6 heteroatoms. The van der Waals surface area contributed by atoms with Crippen molar-refractivity contribution in [3.8, 4) is 11.3 Å². The topological polar surface area (TPSA) is 72.7 Å². The maximum atomic E-state index is 12.0. The van der Waals surface area contributed by atoms with E-state index >= 15 is 0 Å². The van der Waals surface area contributed by atoms with Crippen molar-refractivity contribution in [2.75, 3.05) is 5.32 Å². The molecule has 0 aliphatic rings. The van der Waals surface area contributed by atoms with Crippen LogP contribution in [0.4, 0.5) is 5.82 Å². The van der Waals surface area contributed by atoms with Crippen LogP contribution in [0.3, 0.4) is 0 Å². The highest BCUT2D eigenvalue weighted by molar-refractivity contribution is 6.02. The lowest BCUT2D eigenvalue weighted by Gasteiger charge is -2.05. The number of nitrogens with zero attached hydrogens (tertiary/aromatic N) is 4. The first-order valence-corrected chi connectivity index (χ1v) is 6.42. The second-order valence-electron chi connectivity index (χ2n) is 4.51. The van der Waals surface area contributed by atoms with Gasteiger partial charge < -0.3 is 5.32 Å². The molecule has 0 fully saturated rings. The van der Waals surface area contributed by atoms with Gasteiger partial charge in [0, 0.05) is 12.6 Å². The third kappa shape index (κ3) is 2.94. The number of nitrogens with one attached hydrogen (secondary N) is 1. The number of rotatable bonds is 3. The van der Waals surface area contributed by atoms with Gasteiger partial charge in [-0.1, -0.05) is 41.6 Å². The number of amides is 1. The molecule has 2 heterocycles. The summed E-state index contributed by atoms with van der Waals surface area (Å²) in [6, 6.07) is 15.3. The lowest BCUT2D eigenvalue weighted by Crippen LogP contribution is -2.13. The number of anilines is 1. The summed E-state index contributed by atoms with van der Waals surface area (Å²) in [5.74, 6) is 0.146. The van der Waals surface area contributed by atoms with Gasteiger partial charge in [-0.25, -0.2) is 4.98 Å². The van der Waals surface area contributed by atoms with Crippen LogP contribution >= 0.6 is 0 Å². The van der Waals surface area contributed by atoms with Crippen LogP contribution in [0.1, 0.15) is 10.5 Å². The minimum atomic E-state index is -0.333. The van der Waals surface area contributed by atoms with Gasteiger partial charge in [0.15, 0.2) is 5.69 Å². The van der Waals surface area contributed by atoms with Gasteiger partial charge in [-0.3, -0.25) is 9.48 Å². The van der Waals surface area contributed by atoms with E-state index in [1.807, 2.05) is 42.5 Å². The highest BCUT2D eigenvalue weighted by Gasteiger charge is 2.11. The van der Waals surface area contributed by atoms with Gasteiger partial charge in [0.25, 0.3) is 5.91 Å². The molecule has 0 radical (unpaired) electrons. The van der Waals surface area contributed by atoms with Gasteiger partial charge in [-0.05, 0) is 12.1 Å². The van der Waals surface area contributed by atoms with E-state index in [4.69, 9.17) is 0 Å². The fraction of sp³-hybridized carbons (Fsp3) is 0.0667. The van der Waals surface area contributed by atoms with Crippen molar-refractivity contribution in [1.29, 1.82) is 0 Å². The smallest absolute Gasteiger partial charge is 0.278 e. The number of aromatic nitrogens is 4. The molecule has 1 amide bonds. The normalized spacial score (nSPS) is 10.3. The molecule has 104 valence electrons. The second-order valence-corrected chi connectivity index (χ2v) is 4.51. The summed E-state index contributed by atoms with van der Waals surface area (Å²) in [7, 11) is 1.71. The van der Waals surface area contributed by atoms with Gasteiger partial charge in [-0.15, -0.1) is 5.10 Å². The van der Waals surface area contributed by atoms with Crippen molar-refractivity contribution in [3.05, 3.63) is 60.4 Å². The highest BCUT2D eigenvalue weighted by Crippen LogP contribution is 2.18. The van der Waals surface area contributed by atoms with E-state index in [9.17, 15) is 4.79 Å². The predicted octanol–water partition coefficient (Wildman–Crippen LogP) is 2.13. The molecule has 0 aliphatic carbocycles. The van der Waals surface area contributed by atoms with Crippen molar-refractivity contribution in [2.24, 2.45) is 7.05 Å². The number of pyridine rings is 1. The number of aryl methyl sites for hydroxylation is 1. The maximum Gasteiger partial charge on any atom is 0.278 e. The van der Waals surface area contributed by atoms with Crippen molar-refractivity contribution >= 4 is 11.7 Å². The molecule has 0 unspecified atom stereocenters. The number of carbonyl (C=O) groups excluding carboxylic acids is 1. The first-order valence-electron chi connectivity index (χ1n) is 6.42. The van der Waals surface area contributed by atoms with Crippen molar-refractivity contribution in [1.82, 2.24) is 20.0 Å². The SMILES string of the molecule is Cn1cc(C(=O)Nc2cccc(-c3ccccc3)n2)nn1. The van der Waals surface area contributed by atoms with Gasteiger partial charge in [0.1, 0.15) is 5.82 Å². The molecular weight excluding hydrogens is 266 g/mol. The van der Waals surface area contributed by atoms with Crippen LogP contribution in [0.15, 0.2) is 54.7 Å². The summed E-state index contributed by atoms with van der Waals surface area (Å²) in [5.41, 5.74) is 2.05. The van der Waals surface area contributed by atoms with Gasteiger partial charge >= 0.3 is 0 Å². The van der Waals surface area contributed by atoms with Gasteiger partial charge in [-0.2, -0.15) is 0 Å². The molecule has 6 nitrogen and oxygen atoms in total. The molecule has 0 bridgehead atoms. The van der Waals surface area contributed by atoms with E-state index in [1.165, 1.54) is 4.68 Å². The fourth-order valence-electron chi connectivity index (χ4n) is 1.91. The second kappa shape index (κ2) is 5.54. The lowest BCUT2D eigenvalue weighted by atomic mass is 10.1. The Kier molecular flexibility index (Phi) is 3.42. The standard InChI is InChI=1S/C15H13N5O/c1-20-10-13(18-19-20)15(21)17-14-9-5-8-12(16-14)11-6-3-2-4-7-11/h2-10H,1H3,(H,16,17,21). The first kappa shape index (κ1) is 13.0. The number of benzene rings is 1. The van der Waals surface area contributed by atoms with Gasteiger partial charge in [0.05, 0.1) is 11.9 Å². The Morgan fingerprint density at radius 2 is 1.90 bits per heavy atom. The number of hydrogen-bond donors (Lipinski definition) is 1. The average molecular weight is 279 g/mol. The van der Waals surface area contributed by atoms with Crippen LogP contribution < -0.4 is 5.32 Å². The summed E-state index contributed by atoms with van der Waals surface area (Å²) in [5, 5.41) is 10.2. The zero-order valence-electron chi connectivity index (χ0n) is 11.4. The van der Waals surface area contributed by atoms with Crippen LogP contribution in [-0.2, 0) is 7.05 Å². The van der Waals surface area contributed by atoms with Crippen LogP contribution in [0.5, 0.6) is 0 Å². The molecule has 0 atom stereocenters. The molecule has 2 aromatic heterocycles. The van der Waals surface area contributed by atoms with E-state index in [1.54, 1.807) is 19.3 Å². The molecule has 3 aromatic rings. The maximum absolute atomic E-state index is 12.0. The Hall–Kier alpha value is -3.02. The van der Waals surface area contributed by atoms with Crippen LogP contribution in [0.2, 0.25) is 0 Å². The van der Waals surface area contributed by atoms with Crippen LogP contribution in [0, 0.1) is 0 Å². The zero-order chi connectivity index (χ0) is 14.7. The first-order chi connectivity index (χ1) is 10.2. The van der Waals surface area contributed by atoms with Crippen LogP contribution in [-0.4, -0.2) is 25.9 Å². The Bertz CT molecular complexity index is 766. The van der Waals surface area contributed by atoms with E-state index in [0.29, 0.717) is 5.82 Å². The molecule has 0 spiro atoms. The molecular formula is C15H13N5O. The van der Waals surface area contributed by atoms with E-state index in [2.05, 4.69) is 20.6 Å². The highest BCUT2D eigenvalue weighted by atomic mass is 16.2. The summed E-state index contributed by atoms with van der Waals surface area (Å²) in [6.45, 7) is 0. The molecule has 0 saturated carbocycles. The van der Waals surface area contributed by atoms with Crippen LogP contribution in [0.25, 0.3) is 11.3 Å². The van der Waals surface area contributed by atoms with Gasteiger partial charge in [0.2, 0.25) is 0 Å². The minimum absolute atomic E-state index is 0.254. The molecule has 1 N–H and O–H groups in total. The van der Waals surface area contributed by atoms with Crippen molar-refractivity contribution in [3.63, 3.8) is 0 Å². The Morgan fingerprint density at radius 3 is 2.62 bits per heavy atom. The summed E-state index contributed by atoms with van der Waals surface area (Å²) in [4.78, 5) is 16.4. The molecule has 0 aliphatic heterocycles. The zero-order valence-corrected chi connectivity index (χ0v) is 11.4.